The number of hydrogen-bond donors (Lipinski definition) is 0. The first-order chi connectivity index (χ1) is 7.57. The lowest BCUT2D eigenvalue weighted by atomic mass is 10.1. The van der Waals surface area contributed by atoms with E-state index >= 15 is 0 Å². The van der Waals surface area contributed by atoms with Crippen molar-refractivity contribution in [2.45, 2.75) is 12.7 Å². The van der Waals surface area contributed by atoms with Gasteiger partial charge in [0.2, 0.25) is 0 Å². The van der Waals surface area contributed by atoms with E-state index in [0.29, 0.717) is 0 Å². The molecule has 3 nitrogen and oxygen atoms in total. The molecule has 0 saturated heterocycles. The van der Waals surface area contributed by atoms with Gasteiger partial charge in [0.25, 0.3) is 0 Å². The van der Waals surface area contributed by atoms with Gasteiger partial charge in [0.05, 0.1) is 24.5 Å². The van der Waals surface area contributed by atoms with Gasteiger partial charge in [0.1, 0.15) is 0 Å². The molecule has 0 amide bonds. The SMILES string of the molecule is FC(F)(F)c1ccccc1Cn1nccn1. The molecular weight excluding hydrogens is 219 g/mol. The molecule has 0 fully saturated rings. The number of halogens is 3. The standard InChI is InChI=1S/C10H8F3N3/c11-10(12,13)9-4-2-1-3-8(9)7-16-14-5-6-15-16/h1-6H,7H2. The Hall–Kier alpha value is -1.85. The summed E-state index contributed by atoms with van der Waals surface area (Å²) in [6.45, 7) is 0.0166. The van der Waals surface area contributed by atoms with Gasteiger partial charge in [-0.2, -0.15) is 28.2 Å². The van der Waals surface area contributed by atoms with Gasteiger partial charge in [-0.1, -0.05) is 18.2 Å². The van der Waals surface area contributed by atoms with Crippen molar-refractivity contribution in [2.24, 2.45) is 0 Å². The summed E-state index contributed by atoms with van der Waals surface area (Å²) in [6, 6.07) is 5.40. The van der Waals surface area contributed by atoms with E-state index in [1.54, 1.807) is 6.07 Å². The van der Waals surface area contributed by atoms with Crippen molar-refractivity contribution < 1.29 is 13.2 Å². The zero-order chi connectivity index (χ0) is 11.6. The maximum Gasteiger partial charge on any atom is 0.416 e. The van der Waals surface area contributed by atoms with Gasteiger partial charge in [0, 0.05) is 0 Å². The van der Waals surface area contributed by atoms with Crippen LogP contribution >= 0.6 is 0 Å². The summed E-state index contributed by atoms with van der Waals surface area (Å²) in [5.74, 6) is 0. The Morgan fingerprint density at radius 2 is 1.69 bits per heavy atom. The van der Waals surface area contributed by atoms with Gasteiger partial charge >= 0.3 is 6.18 Å². The molecule has 0 aliphatic rings. The normalized spacial score (nSPS) is 11.7. The highest BCUT2D eigenvalue weighted by atomic mass is 19.4. The lowest BCUT2D eigenvalue weighted by molar-refractivity contribution is -0.138. The molecule has 1 aromatic heterocycles. The average molecular weight is 227 g/mol. The van der Waals surface area contributed by atoms with Crippen molar-refractivity contribution in [3.8, 4) is 0 Å². The Bertz CT molecular complexity index is 462. The summed E-state index contributed by atoms with van der Waals surface area (Å²) in [5, 5.41) is 7.55. The van der Waals surface area contributed by atoms with Gasteiger partial charge in [-0.3, -0.25) is 0 Å². The lowest BCUT2D eigenvalue weighted by Gasteiger charge is -2.11. The van der Waals surface area contributed by atoms with E-state index in [1.165, 1.54) is 29.3 Å². The quantitative estimate of drug-likeness (QED) is 0.788. The van der Waals surface area contributed by atoms with Crippen LogP contribution in [0.2, 0.25) is 0 Å². The fraction of sp³-hybridized carbons (Fsp3) is 0.200. The van der Waals surface area contributed by atoms with Crippen LogP contribution in [0, 0.1) is 0 Å². The van der Waals surface area contributed by atoms with Crippen LogP contribution in [-0.2, 0) is 12.7 Å². The molecule has 2 rings (SSSR count). The predicted molar refractivity (Wildman–Crippen MR) is 50.6 cm³/mol. The highest BCUT2D eigenvalue weighted by Gasteiger charge is 2.32. The number of nitrogens with zero attached hydrogens (tertiary/aromatic N) is 3. The van der Waals surface area contributed by atoms with Crippen LogP contribution in [0.1, 0.15) is 11.1 Å². The maximum absolute atomic E-state index is 12.6. The van der Waals surface area contributed by atoms with E-state index in [0.717, 1.165) is 6.07 Å². The van der Waals surface area contributed by atoms with Gasteiger partial charge in [-0.15, -0.1) is 0 Å². The molecule has 0 radical (unpaired) electrons. The molecule has 6 heteroatoms. The molecule has 0 aliphatic heterocycles. The fourth-order valence-electron chi connectivity index (χ4n) is 1.41. The average Bonchev–Trinajstić information content (AvgIpc) is 2.70. The minimum absolute atomic E-state index is 0.0166. The first kappa shape index (κ1) is 10.7. The number of aromatic nitrogens is 3. The molecule has 2 aromatic rings. The third-order valence-corrected chi connectivity index (χ3v) is 2.10. The molecule has 0 N–H and O–H groups in total. The van der Waals surface area contributed by atoms with Gasteiger partial charge in [0.15, 0.2) is 0 Å². The topological polar surface area (TPSA) is 30.7 Å². The molecular formula is C10H8F3N3. The van der Waals surface area contributed by atoms with E-state index in [4.69, 9.17) is 0 Å². The monoisotopic (exact) mass is 227 g/mol. The van der Waals surface area contributed by atoms with Gasteiger partial charge in [-0.25, -0.2) is 0 Å². The first-order valence-corrected chi connectivity index (χ1v) is 4.56. The third kappa shape index (κ3) is 2.21. The third-order valence-electron chi connectivity index (χ3n) is 2.10. The summed E-state index contributed by atoms with van der Waals surface area (Å²) in [4.78, 5) is 1.21. The summed E-state index contributed by atoms with van der Waals surface area (Å²) in [6.07, 6.45) is -1.49. The lowest BCUT2D eigenvalue weighted by Crippen LogP contribution is -2.12. The maximum atomic E-state index is 12.6. The molecule has 1 aromatic carbocycles. The van der Waals surface area contributed by atoms with Crippen LogP contribution in [0.3, 0.4) is 0 Å². The molecule has 84 valence electrons. The zero-order valence-corrected chi connectivity index (χ0v) is 8.15. The van der Waals surface area contributed by atoms with Crippen LogP contribution < -0.4 is 0 Å². The molecule has 0 bridgehead atoms. The smallest absolute Gasteiger partial charge is 0.180 e. The molecule has 0 spiro atoms. The molecule has 0 atom stereocenters. The van der Waals surface area contributed by atoms with E-state index < -0.39 is 11.7 Å². The number of alkyl halides is 3. The van der Waals surface area contributed by atoms with E-state index in [1.807, 2.05) is 0 Å². The Labute approximate surface area is 89.5 Å². The Balaban J connectivity index is 2.34. The largest absolute Gasteiger partial charge is 0.416 e. The van der Waals surface area contributed by atoms with Crippen LogP contribution in [0.15, 0.2) is 36.7 Å². The summed E-state index contributed by atoms with van der Waals surface area (Å²) in [7, 11) is 0. The minimum Gasteiger partial charge on any atom is -0.180 e. The van der Waals surface area contributed by atoms with Crippen LogP contribution in [0.4, 0.5) is 13.2 Å². The van der Waals surface area contributed by atoms with Crippen molar-refractivity contribution >= 4 is 0 Å². The summed E-state index contributed by atoms with van der Waals surface area (Å²) < 4.78 is 37.9. The highest BCUT2D eigenvalue weighted by Crippen LogP contribution is 2.31. The molecule has 0 aliphatic carbocycles. The van der Waals surface area contributed by atoms with Crippen molar-refractivity contribution in [2.75, 3.05) is 0 Å². The minimum atomic E-state index is -4.34. The van der Waals surface area contributed by atoms with Crippen molar-refractivity contribution in [3.63, 3.8) is 0 Å². The van der Waals surface area contributed by atoms with E-state index in [-0.39, 0.29) is 12.1 Å². The van der Waals surface area contributed by atoms with Crippen LogP contribution in [0.25, 0.3) is 0 Å². The Morgan fingerprint density at radius 3 is 2.31 bits per heavy atom. The van der Waals surface area contributed by atoms with Crippen molar-refractivity contribution in [1.82, 2.24) is 15.0 Å². The van der Waals surface area contributed by atoms with Crippen LogP contribution in [-0.4, -0.2) is 15.0 Å². The van der Waals surface area contributed by atoms with E-state index in [9.17, 15) is 13.2 Å². The van der Waals surface area contributed by atoms with Gasteiger partial charge < -0.3 is 0 Å². The Morgan fingerprint density at radius 1 is 1.06 bits per heavy atom. The highest BCUT2D eigenvalue weighted by molar-refractivity contribution is 5.29. The number of rotatable bonds is 2. The van der Waals surface area contributed by atoms with Gasteiger partial charge in [-0.05, 0) is 11.6 Å². The zero-order valence-electron chi connectivity index (χ0n) is 8.15. The van der Waals surface area contributed by atoms with E-state index in [2.05, 4.69) is 10.2 Å². The number of benzene rings is 1. The summed E-state index contributed by atoms with van der Waals surface area (Å²) in [5.41, 5.74) is -0.487. The van der Waals surface area contributed by atoms with Crippen molar-refractivity contribution in [1.29, 1.82) is 0 Å². The number of hydrogen-bond acceptors (Lipinski definition) is 2. The molecule has 16 heavy (non-hydrogen) atoms. The second kappa shape index (κ2) is 3.96. The van der Waals surface area contributed by atoms with Crippen molar-refractivity contribution in [3.05, 3.63) is 47.8 Å². The van der Waals surface area contributed by atoms with Crippen LogP contribution in [0.5, 0.6) is 0 Å². The fourth-order valence-corrected chi connectivity index (χ4v) is 1.41. The Kier molecular flexibility index (Phi) is 2.64. The molecule has 1 heterocycles. The second-order valence-electron chi connectivity index (χ2n) is 3.21. The molecule has 0 saturated carbocycles. The predicted octanol–water partition coefficient (Wildman–Crippen LogP) is 2.35. The first-order valence-electron chi connectivity index (χ1n) is 4.56. The summed E-state index contributed by atoms with van der Waals surface area (Å²) >= 11 is 0. The second-order valence-corrected chi connectivity index (χ2v) is 3.21. The molecule has 0 unspecified atom stereocenters.